The van der Waals surface area contributed by atoms with Crippen molar-refractivity contribution in [3.05, 3.63) is 58.1 Å². The van der Waals surface area contributed by atoms with Gasteiger partial charge in [-0.25, -0.2) is 0 Å². The maximum atomic E-state index is 13.1. The Morgan fingerprint density at radius 2 is 1.85 bits per heavy atom. The van der Waals surface area contributed by atoms with Gasteiger partial charge >= 0.3 is 0 Å². The second kappa shape index (κ2) is 8.59. The van der Waals surface area contributed by atoms with E-state index in [1.54, 1.807) is 29.2 Å². The van der Waals surface area contributed by atoms with Gasteiger partial charge in [-0.15, -0.1) is 0 Å². The van der Waals surface area contributed by atoms with Crippen molar-refractivity contribution < 1.29 is 14.3 Å². The zero-order valence-electron chi connectivity index (χ0n) is 15.2. The summed E-state index contributed by atoms with van der Waals surface area (Å²) in [7, 11) is 3.00. The molecule has 5 nitrogen and oxygen atoms in total. The Labute approximate surface area is 158 Å². The summed E-state index contributed by atoms with van der Waals surface area (Å²) >= 11 is 6.23. The minimum absolute atomic E-state index is 0.0231. The molecule has 2 rings (SSSR count). The number of carbonyl (C=O) groups excluding carboxylic acids is 1. The van der Waals surface area contributed by atoms with Gasteiger partial charge in [-0.05, 0) is 43.7 Å². The van der Waals surface area contributed by atoms with E-state index in [1.807, 2.05) is 26.0 Å². The highest BCUT2D eigenvalue weighted by atomic mass is 35.5. The lowest BCUT2D eigenvalue weighted by Gasteiger charge is -2.27. The maximum Gasteiger partial charge on any atom is 0.254 e. The zero-order valence-corrected chi connectivity index (χ0v) is 16.0. The number of amides is 1. The lowest BCUT2D eigenvalue weighted by Crippen LogP contribution is -2.36. The molecule has 0 radical (unpaired) electrons. The molecule has 6 heteroatoms. The summed E-state index contributed by atoms with van der Waals surface area (Å²) < 4.78 is 10.5. The van der Waals surface area contributed by atoms with Gasteiger partial charge in [0.2, 0.25) is 0 Å². The van der Waals surface area contributed by atoms with Crippen LogP contribution < -0.4 is 9.47 Å². The van der Waals surface area contributed by atoms with Gasteiger partial charge in [-0.3, -0.25) is 4.79 Å². The summed E-state index contributed by atoms with van der Waals surface area (Å²) in [5, 5.41) is 9.22. The Kier molecular flexibility index (Phi) is 6.48. The van der Waals surface area contributed by atoms with Crippen molar-refractivity contribution in [2.45, 2.75) is 26.4 Å². The summed E-state index contributed by atoms with van der Waals surface area (Å²) in [6, 6.07) is 12.5. The average Bonchev–Trinajstić information content (AvgIpc) is 2.65. The van der Waals surface area contributed by atoms with E-state index in [0.29, 0.717) is 34.2 Å². The fraction of sp³-hybridized carbons (Fsp3) is 0.300. The molecule has 0 atom stereocenters. The van der Waals surface area contributed by atoms with Crippen LogP contribution in [0.2, 0.25) is 5.02 Å². The molecule has 0 aliphatic rings. The zero-order chi connectivity index (χ0) is 19.3. The number of nitrogens with zero attached hydrogens (tertiary/aromatic N) is 2. The van der Waals surface area contributed by atoms with E-state index in [4.69, 9.17) is 26.3 Å². The average molecular weight is 373 g/mol. The van der Waals surface area contributed by atoms with Crippen LogP contribution in [-0.4, -0.2) is 31.1 Å². The van der Waals surface area contributed by atoms with Crippen molar-refractivity contribution in [1.29, 1.82) is 5.26 Å². The Morgan fingerprint density at radius 1 is 1.19 bits per heavy atom. The second-order valence-electron chi connectivity index (χ2n) is 6.03. The van der Waals surface area contributed by atoms with Gasteiger partial charge < -0.3 is 14.4 Å². The van der Waals surface area contributed by atoms with Crippen LogP contribution in [0.15, 0.2) is 36.4 Å². The van der Waals surface area contributed by atoms with Crippen molar-refractivity contribution >= 4 is 17.5 Å². The molecule has 0 unspecified atom stereocenters. The molecule has 0 N–H and O–H groups in total. The number of carbonyl (C=O) groups is 1. The van der Waals surface area contributed by atoms with E-state index in [1.165, 1.54) is 14.2 Å². The lowest BCUT2D eigenvalue weighted by molar-refractivity contribution is 0.0690. The van der Waals surface area contributed by atoms with Crippen LogP contribution in [0.1, 0.15) is 35.3 Å². The van der Waals surface area contributed by atoms with Gasteiger partial charge in [0.15, 0.2) is 11.5 Å². The van der Waals surface area contributed by atoms with Crippen molar-refractivity contribution in [3.63, 3.8) is 0 Å². The van der Waals surface area contributed by atoms with E-state index in [0.717, 1.165) is 5.56 Å². The molecule has 0 aliphatic carbocycles. The highest BCUT2D eigenvalue weighted by molar-refractivity contribution is 6.32. The largest absolute Gasteiger partial charge is 0.493 e. The standard InChI is InChI=1S/C20H21ClN2O3/c1-13(2)23(12-15-7-5-14(11-22)6-8-15)20(24)16-9-17(21)19(26-4)18(10-16)25-3/h5-10,13H,12H2,1-4H3. The molecule has 136 valence electrons. The summed E-state index contributed by atoms with van der Waals surface area (Å²) in [4.78, 5) is 14.8. The van der Waals surface area contributed by atoms with Gasteiger partial charge in [0.25, 0.3) is 5.91 Å². The summed E-state index contributed by atoms with van der Waals surface area (Å²) in [5.74, 6) is 0.645. The van der Waals surface area contributed by atoms with Gasteiger partial charge in [-0.1, -0.05) is 23.7 Å². The third-order valence-corrected chi connectivity index (χ3v) is 4.28. The number of methoxy groups -OCH3 is 2. The SMILES string of the molecule is COc1cc(C(=O)N(Cc2ccc(C#N)cc2)C(C)C)cc(Cl)c1OC. The molecule has 1 amide bonds. The third-order valence-electron chi connectivity index (χ3n) is 4.00. The van der Waals surface area contributed by atoms with E-state index >= 15 is 0 Å². The lowest BCUT2D eigenvalue weighted by atomic mass is 10.1. The quantitative estimate of drug-likeness (QED) is 0.759. The van der Waals surface area contributed by atoms with Crippen LogP contribution in [0.3, 0.4) is 0 Å². The first kappa shape index (κ1) is 19.6. The smallest absolute Gasteiger partial charge is 0.254 e. The van der Waals surface area contributed by atoms with E-state index < -0.39 is 0 Å². The highest BCUT2D eigenvalue weighted by Crippen LogP contribution is 2.36. The molecule has 2 aromatic rings. The van der Waals surface area contributed by atoms with Gasteiger partial charge in [-0.2, -0.15) is 5.26 Å². The van der Waals surface area contributed by atoms with Crippen LogP contribution >= 0.6 is 11.6 Å². The van der Waals surface area contributed by atoms with Crippen LogP contribution in [0.4, 0.5) is 0 Å². The van der Waals surface area contributed by atoms with E-state index in [-0.39, 0.29) is 11.9 Å². The van der Waals surface area contributed by atoms with Gasteiger partial charge in [0, 0.05) is 18.2 Å². The minimum atomic E-state index is -0.160. The molecule has 2 aromatic carbocycles. The molecule has 0 saturated heterocycles. The molecular formula is C20H21ClN2O3. The minimum Gasteiger partial charge on any atom is -0.493 e. The summed E-state index contributed by atoms with van der Waals surface area (Å²) in [5.41, 5.74) is 1.95. The van der Waals surface area contributed by atoms with Crippen molar-refractivity contribution in [3.8, 4) is 17.6 Å². The molecule has 0 aliphatic heterocycles. The number of rotatable bonds is 6. The van der Waals surface area contributed by atoms with Crippen LogP contribution in [0.25, 0.3) is 0 Å². The molecule has 0 fully saturated rings. The Hall–Kier alpha value is -2.71. The van der Waals surface area contributed by atoms with Crippen molar-refractivity contribution in [1.82, 2.24) is 4.90 Å². The Morgan fingerprint density at radius 3 is 2.35 bits per heavy atom. The Bertz CT molecular complexity index is 826. The molecule has 0 bridgehead atoms. The Balaban J connectivity index is 2.33. The van der Waals surface area contributed by atoms with Crippen molar-refractivity contribution in [2.75, 3.05) is 14.2 Å². The van der Waals surface area contributed by atoms with Gasteiger partial charge in [0.1, 0.15) is 0 Å². The predicted octanol–water partition coefficient (Wildman–Crippen LogP) is 4.28. The predicted molar refractivity (Wildman–Crippen MR) is 101 cm³/mol. The van der Waals surface area contributed by atoms with E-state index in [2.05, 4.69) is 6.07 Å². The first-order valence-electron chi connectivity index (χ1n) is 8.12. The fourth-order valence-electron chi connectivity index (χ4n) is 2.58. The van der Waals surface area contributed by atoms with E-state index in [9.17, 15) is 4.79 Å². The van der Waals surface area contributed by atoms with Crippen LogP contribution in [0, 0.1) is 11.3 Å². The highest BCUT2D eigenvalue weighted by Gasteiger charge is 2.22. The fourth-order valence-corrected chi connectivity index (χ4v) is 2.87. The number of benzene rings is 2. The number of nitriles is 1. The topological polar surface area (TPSA) is 62.6 Å². The molecule has 0 heterocycles. The second-order valence-corrected chi connectivity index (χ2v) is 6.44. The molecule has 0 saturated carbocycles. The molecule has 26 heavy (non-hydrogen) atoms. The first-order valence-corrected chi connectivity index (χ1v) is 8.50. The molecule has 0 aromatic heterocycles. The number of hydrogen-bond acceptors (Lipinski definition) is 4. The number of hydrogen-bond donors (Lipinski definition) is 0. The first-order chi connectivity index (χ1) is 12.4. The normalized spacial score (nSPS) is 10.3. The van der Waals surface area contributed by atoms with Gasteiger partial charge in [0.05, 0.1) is 30.9 Å². The number of ether oxygens (including phenoxy) is 2. The monoisotopic (exact) mass is 372 g/mol. The van der Waals surface area contributed by atoms with Crippen LogP contribution in [-0.2, 0) is 6.54 Å². The molecule has 0 spiro atoms. The molecular weight excluding hydrogens is 352 g/mol. The van der Waals surface area contributed by atoms with Crippen LogP contribution in [0.5, 0.6) is 11.5 Å². The maximum absolute atomic E-state index is 13.1. The summed E-state index contributed by atoms with van der Waals surface area (Å²) in [6.07, 6.45) is 0. The number of halogens is 1. The summed E-state index contributed by atoms with van der Waals surface area (Å²) in [6.45, 7) is 4.32. The third kappa shape index (κ3) is 4.27. The van der Waals surface area contributed by atoms with Crippen molar-refractivity contribution in [2.24, 2.45) is 0 Å².